The summed E-state index contributed by atoms with van der Waals surface area (Å²) >= 11 is 0. The molecule has 0 bridgehead atoms. The van der Waals surface area contributed by atoms with Crippen LogP contribution >= 0.6 is 0 Å². The van der Waals surface area contributed by atoms with Crippen molar-refractivity contribution < 1.29 is 18.3 Å². The third-order valence-electron chi connectivity index (χ3n) is 3.32. The van der Waals surface area contributed by atoms with Crippen LogP contribution in [0.5, 0.6) is 5.88 Å². The van der Waals surface area contributed by atoms with Crippen molar-refractivity contribution >= 4 is 5.78 Å². The molecule has 3 nitrogen and oxygen atoms in total. The number of alkyl halides is 2. The SMILES string of the molecule is CC(=O)c1ccc(OC2CCCCC2)nc1C(F)F. The van der Waals surface area contributed by atoms with Gasteiger partial charge in [-0.25, -0.2) is 13.8 Å². The normalized spacial score (nSPS) is 16.6. The Morgan fingerprint density at radius 2 is 2.00 bits per heavy atom. The lowest BCUT2D eigenvalue weighted by atomic mass is 9.98. The van der Waals surface area contributed by atoms with Gasteiger partial charge < -0.3 is 4.74 Å². The van der Waals surface area contributed by atoms with Crippen LogP contribution in [-0.4, -0.2) is 16.9 Å². The zero-order chi connectivity index (χ0) is 13.8. The van der Waals surface area contributed by atoms with E-state index >= 15 is 0 Å². The molecule has 1 aromatic heterocycles. The first-order valence-electron chi connectivity index (χ1n) is 6.54. The number of hydrogen-bond donors (Lipinski definition) is 0. The van der Waals surface area contributed by atoms with Crippen molar-refractivity contribution in [3.05, 3.63) is 23.4 Å². The van der Waals surface area contributed by atoms with E-state index in [-0.39, 0.29) is 17.5 Å². The van der Waals surface area contributed by atoms with E-state index in [9.17, 15) is 13.6 Å². The van der Waals surface area contributed by atoms with Crippen molar-refractivity contribution in [2.45, 2.75) is 51.6 Å². The van der Waals surface area contributed by atoms with Crippen molar-refractivity contribution in [3.63, 3.8) is 0 Å². The van der Waals surface area contributed by atoms with Gasteiger partial charge >= 0.3 is 0 Å². The molecule has 0 radical (unpaired) electrons. The van der Waals surface area contributed by atoms with Crippen LogP contribution < -0.4 is 4.74 Å². The minimum atomic E-state index is -2.77. The fourth-order valence-electron chi connectivity index (χ4n) is 2.34. The zero-order valence-corrected chi connectivity index (χ0v) is 10.9. The molecule has 1 aromatic rings. The van der Waals surface area contributed by atoms with Gasteiger partial charge in [0.1, 0.15) is 11.8 Å². The van der Waals surface area contributed by atoms with E-state index in [0.717, 1.165) is 25.7 Å². The number of hydrogen-bond acceptors (Lipinski definition) is 3. The van der Waals surface area contributed by atoms with Gasteiger partial charge in [-0.15, -0.1) is 0 Å². The number of pyridine rings is 1. The van der Waals surface area contributed by atoms with E-state index in [0.29, 0.717) is 0 Å². The molecule has 104 valence electrons. The first-order chi connectivity index (χ1) is 9.08. The van der Waals surface area contributed by atoms with Crippen molar-refractivity contribution in [3.8, 4) is 5.88 Å². The zero-order valence-electron chi connectivity index (χ0n) is 10.9. The second-order valence-corrected chi connectivity index (χ2v) is 4.82. The summed E-state index contributed by atoms with van der Waals surface area (Å²) < 4.78 is 31.4. The van der Waals surface area contributed by atoms with E-state index in [4.69, 9.17) is 4.74 Å². The molecule has 0 N–H and O–H groups in total. The van der Waals surface area contributed by atoms with E-state index < -0.39 is 17.9 Å². The summed E-state index contributed by atoms with van der Waals surface area (Å²) in [6, 6.07) is 2.87. The third-order valence-corrected chi connectivity index (χ3v) is 3.32. The topological polar surface area (TPSA) is 39.2 Å². The Kier molecular flexibility index (Phi) is 4.45. The van der Waals surface area contributed by atoms with Gasteiger partial charge in [0.15, 0.2) is 5.78 Å². The summed E-state index contributed by atoms with van der Waals surface area (Å²) in [5.41, 5.74) is -0.521. The number of halogens is 2. The maximum absolute atomic E-state index is 12.9. The fourth-order valence-corrected chi connectivity index (χ4v) is 2.34. The molecule has 0 unspecified atom stereocenters. The molecule has 1 saturated carbocycles. The van der Waals surface area contributed by atoms with Gasteiger partial charge in [-0.1, -0.05) is 6.42 Å². The number of nitrogens with zero attached hydrogens (tertiary/aromatic N) is 1. The predicted molar refractivity (Wildman–Crippen MR) is 66.7 cm³/mol. The van der Waals surface area contributed by atoms with Crippen LogP contribution in [-0.2, 0) is 0 Å². The lowest BCUT2D eigenvalue weighted by Crippen LogP contribution is -2.20. The van der Waals surface area contributed by atoms with Gasteiger partial charge in [-0.05, 0) is 38.7 Å². The highest BCUT2D eigenvalue weighted by atomic mass is 19.3. The molecular formula is C14H17F2NO2. The Hall–Kier alpha value is -1.52. The van der Waals surface area contributed by atoms with Gasteiger partial charge in [0, 0.05) is 11.6 Å². The van der Waals surface area contributed by atoms with E-state index in [1.54, 1.807) is 0 Å². The van der Waals surface area contributed by atoms with Crippen molar-refractivity contribution in [1.82, 2.24) is 4.98 Å². The second kappa shape index (κ2) is 6.08. The number of carbonyl (C=O) groups is 1. The highest BCUT2D eigenvalue weighted by molar-refractivity contribution is 5.95. The molecule has 1 aliphatic rings. The summed E-state index contributed by atoms with van der Waals surface area (Å²) in [4.78, 5) is 15.1. The molecule has 5 heteroatoms. The number of ether oxygens (including phenoxy) is 1. The highest BCUT2D eigenvalue weighted by Crippen LogP contribution is 2.26. The van der Waals surface area contributed by atoms with Crippen LogP contribution in [0.15, 0.2) is 12.1 Å². The van der Waals surface area contributed by atoms with Crippen molar-refractivity contribution in [2.24, 2.45) is 0 Å². The van der Waals surface area contributed by atoms with Gasteiger partial charge in [-0.2, -0.15) is 0 Å². The molecule has 1 fully saturated rings. The highest BCUT2D eigenvalue weighted by Gasteiger charge is 2.21. The molecule has 0 amide bonds. The molecule has 0 atom stereocenters. The Balaban J connectivity index is 2.17. The van der Waals surface area contributed by atoms with Crippen LogP contribution in [0.25, 0.3) is 0 Å². The van der Waals surface area contributed by atoms with E-state index in [2.05, 4.69) is 4.98 Å². The van der Waals surface area contributed by atoms with Crippen LogP contribution in [0.1, 0.15) is 61.5 Å². The summed E-state index contributed by atoms with van der Waals surface area (Å²) in [6.07, 6.45) is 2.53. The smallest absolute Gasteiger partial charge is 0.281 e. The van der Waals surface area contributed by atoms with Gasteiger partial charge in [-0.3, -0.25) is 4.79 Å². The van der Waals surface area contributed by atoms with Crippen molar-refractivity contribution in [1.29, 1.82) is 0 Å². The summed E-state index contributed by atoms with van der Waals surface area (Å²) in [6.45, 7) is 1.25. The second-order valence-electron chi connectivity index (χ2n) is 4.82. The molecule has 0 spiro atoms. The van der Waals surface area contributed by atoms with Crippen LogP contribution in [0, 0.1) is 0 Å². The number of rotatable bonds is 4. The maximum Gasteiger partial charge on any atom is 0.281 e. The average Bonchev–Trinajstić information content (AvgIpc) is 2.39. The molecule has 2 rings (SSSR count). The van der Waals surface area contributed by atoms with E-state index in [1.165, 1.54) is 25.5 Å². The quantitative estimate of drug-likeness (QED) is 0.777. The largest absolute Gasteiger partial charge is 0.474 e. The van der Waals surface area contributed by atoms with Crippen LogP contribution in [0.2, 0.25) is 0 Å². The number of Topliss-reactive ketones (excluding diaryl/α,β-unsaturated/α-hetero) is 1. The van der Waals surface area contributed by atoms with Crippen molar-refractivity contribution in [2.75, 3.05) is 0 Å². The van der Waals surface area contributed by atoms with Gasteiger partial charge in [0.25, 0.3) is 6.43 Å². The number of aromatic nitrogens is 1. The van der Waals surface area contributed by atoms with Crippen LogP contribution in [0.3, 0.4) is 0 Å². The minimum Gasteiger partial charge on any atom is -0.474 e. The third kappa shape index (κ3) is 3.49. The molecular weight excluding hydrogens is 252 g/mol. The molecule has 1 heterocycles. The lowest BCUT2D eigenvalue weighted by Gasteiger charge is -2.22. The molecule has 0 aliphatic heterocycles. The van der Waals surface area contributed by atoms with Crippen LogP contribution in [0.4, 0.5) is 8.78 Å². The Bertz CT molecular complexity index is 457. The summed E-state index contributed by atoms with van der Waals surface area (Å²) in [5.74, 6) is -0.223. The number of ketones is 1. The Morgan fingerprint density at radius 1 is 1.32 bits per heavy atom. The summed E-state index contributed by atoms with van der Waals surface area (Å²) in [5, 5.41) is 0. The number of carbonyl (C=O) groups excluding carboxylic acids is 1. The first-order valence-corrected chi connectivity index (χ1v) is 6.54. The molecule has 19 heavy (non-hydrogen) atoms. The Labute approximate surface area is 111 Å². The molecule has 1 aliphatic carbocycles. The fraction of sp³-hybridized carbons (Fsp3) is 0.571. The van der Waals surface area contributed by atoms with E-state index in [1.807, 2.05) is 0 Å². The average molecular weight is 269 g/mol. The summed E-state index contributed by atoms with van der Waals surface area (Å²) in [7, 11) is 0. The minimum absolute atomic E-state index is 0.0361. The van der Waals surface area contributed by atoms with Gasteiger partial charge in [0.2, 0.25) is 5.88 Å². The predicted octanol–water partition coefficient (Wildman–Crippen LogP) is 3.93. The standard InChI is InChI=1S/C14H17F2NO2/c1-9(18)11-7-8-12(17-13(11)14(15)16)19-10-5-3-2-4-6-10/h7-8,10,14H,2-6H2,1H3. The molecule has 0 aromatic carbocycles. The Morgan fingerprint density at radius 3 is 2.58 bits per heavy atom. The maximum atomic E-state index is 12.9. The monoisotopic (exact) mass is 269 g/mol. The van der Waals surface area contributed by atoms with Gasteiger partial charge in [0.05, 0.1) is 0 Å². The lowest BCUT2D eigenvalue weighted by molar-refractivity contribution is 0.0992. The molecule has 0 saturated heterocycles. The first kappa shape index (κ1) is 13.9.